The van der Waals surface area contributed by atoms with Crippen LogP contribution in [0.15, 0.2) is 31.2 Å². The molecule has 0 radical (unpaired) electrons. The number of likely N-dealkylation sites (tertiary alicyclic amines) is 1. The smallest absolute Gasteiger partial charge is 0.389 e. The Morgan fingerprint density at radius 3 is 2.82 bits per heavy atom. The lowest BCUT2D eigenvalue weighted by atomic mass is 9.93. The van der Waals surface area contributed by atoms with Crippen molar-refractivity contribution in [2.45, 2.75) is 12.6 Å². The molecule has 34 heavy (non-hydrogen) atoms. The number of amides is 1. The van der Waals surface area contributed by atoms with Gasteiger partial charge < -0.3 is 19.9 Å². The van der Waals surface area contributed by atoms with Crippen molar-refractivity contribution in [3.05, 3.63) is 36.8 Å². The second kappa shape index (κ2) is 9.05. The second-order valence-electron chi connectivity index (χ2n) is 8.02. The number of hydrogen-bond acceptors (Lipinski definition) is 7. The molecule has 1 amide bonds. The Morgan fingerprint density at radius 2 is 2.18 bits per heavy atom. The molecule has 1 saturated heterocycles. The van der Waals surface area contributed by atoms with E-state index in [2.05, 4.69) is 31.9 Å². The van der Waals surface area contributed by atoms with Gasteiger partial charge in [-0.1, -0.05) is 6.58 Å². The maximum atomic E-state index is 13.1. The van der Waals surface area contributed by atoms with Gasteiger partial charge in [0.05, 0.1) is 29.4 Å². The summed E-state index contributed by atoms with van der Waals surface area (Å²) >= 11 is 0. The number of aryl methyl sites for hydroxylation is 1. The molecule has 3 aromatic rings. The van der Waals surface area contributed by atoms with Crippen LogP contribution in [0, 0.1) is 23.2 Å². The Bertz CT molecular complexity index is 1260. The summed E-state index contributed by atoms with van der Waals surface area (Å²) in [5.74, 6) is -1.65. The van der Waals surface area contributed by atoms with Crippen molar-refractivity contribution < 1.29 is 22.7 Å². The number of nitrogens with one attached hydrogen (secondary N) is 2. The van der Waals surface area contributed by atoms with Gasteiger partial charge in [-0.25, -0.2) is 0 Å². The van der Waals surface area contributed by atoms with Crippen LogP contribution in [-0.4, -0.2) is 61.4 Å². The van der Waals surface area contributed by atoms with Gasteiger partial charge >= 0.3 is 6.18 Å². The van der Waals surface area contributed by atoms with Crippen molar-refractivity contribution in [2.75, 3.05) is 25.0 Å². The van der Waals surface area contributed by atoms with E-state index in [1.807, 2.05) is 6.07 Å². The molecular formula is C21H21F3N8O2. The lowest BCUT2D eigenvalue weighted by Gasteiger charge is -2.20. The fourth-order valence-corrected chi connectivity index (χ4v) is 4.01. The van der Waals surface area contributed by atoms with Gasteiger partial charge in [0, 0.05) is 44.9 Å². The van der Waals surface area contributed by atoms with E-state index in [4.69, 9.17) is 4.74 Å². The van der Waals surface area contributed by atoms with Crippen LogP contribution in [0.2, 0.25) is 0 Å². The summed E-state index contributed by atoms with van der Waals surface area (Å²) in [6.45, 7) is 3.33. The number of aromatic nitrogens is 5. The normalized spacial score (nSPS) is 18.1. The summed E-state index contributed by atoms with van der Waals surface area (Å²) in [5.41, 5.74) is 1.17. The third-order valence-corrected chi connectivity index (χ3v) is 5.57. The minimum Gasteiger partial charge on any atom is -0.477 e. The summed E-state index contributed by atoms with van der Waals surface area (Å²) < 4.78 is 46.9. The van der Waals surface area contributed by atoms with Crippen molar-refractivity contribution in [3.8, 4) is 11.9 Å². The summed E-state index contributed by atoms with van der Waals surface area (Å²) in [5, 5.41) is 16.8. The number of fused-ring (bicyclic) bond motifs is 1. The number of ether oxygens (including phenoxy) is 1. The van der Waals surface area contributed by atoms with Gasteiger partial charge in [0.15, 0.2) is 0 Å². The maximum absolute atomic E-state index is 13.1. The van der Waals surface area contributed by atoms with E-state index in [0.717, 1.165) is 6.08 Å². The molecular weight excluding hydrogens is 453 g/mol. The first-order chi connectivity index (χ1) is 16.2. The van der Waals surface area contributed by atoms with Gasteiger partial charge in [0.2, 0.25) is 17.7 Å². The van der Waals surface area contributed by atoms with Crippen molar-refractivity contribution in [2.24, 2.45) is 18.9 Å². The van der Waals surface area contributed by atoms with Gasteiger partial charge in [-0.2, -0.15) is 33.5 Å². The highest BCUT2D eigenvalue weighted by Gasteiger charge is 2.42. The van der Waals surface area contributed by atoms with E-state index >= 15 is 0 Å². The van der Waals surface area contributed by atoms with Gasteiger partial charge in [-0.3, -0.25) is 9.48 Å². The molecule has 1 fully saturated rings. The Morgan fingerprint density at radius 1 is 1.41 bits per heavy atom. The zero-order valence-corrected chi connectivity index (χ0v) is 18.1. The van der Waals surface area contributed by atoms with Crippen LogP contribution in [-0.2, 0) is 11.8 Å². The molecule has 4 heterocycles. The van der Waals surface area contributed by atoms with Gasteiger partial charge in [-0.05, 0) is 12.0 Å². The molecule has 10 nitrogen and oxygen atoms in total. The van der Waals surface area contributed by atoms with Crippen LogP contribution in [0.4, 0.5) is 24.8 Å². The van der Waals surface area contributed by atoms with Crippen molar-refractivity contribution in [3.63, 3.8) is 0 Å². The Hall–Kier alpha value is -4.08. The highest BCUT2D eigenvalue weighted by Crippen LogP contribution is 2.35. The van der Waals surface area contributed by atoms with Crippen LogP contribution in [0.5, 0.6) is 5.88 Å². The maximum Gasteiger partial charge on any atom is 0.389 e. The molecule has 2 atom stereocenters. The summed E-state index contributed by atoms with van der Waals surface area (Å²) in [7, 11) is 1.74. The molecule has 1 aliphatic rings. The third kappa shape index (κ3) is 4.95. The number of halogens is 3. The average molecular weight is 474 g/mol. The third-order valence-electron chi connectivity index (χ3n) is 5.57. The fraction of sp³-hybridized carbons (Fsp3) is 0.381. The molecule has 178 valence electrons. The Balaban J connectivity index is 1.60. The van der Waals surface area contributed by atoms with E-state index in [1.54, 1.807) is 24.1 Å². The summed E-state index contributed by atoms with van der Waals surface area (Å²) in [6.07, 6.45) is 0.379. The zero-order valence-electron chi connectivity index (χ0n) is 18.1. The molecule has 4 rings (SSSR count). The fourth-order valence-electron chi connectivity index (χ4n) is 4.01. The van der Waals surface area contributed by atoms with E-state index in [9.17, 15) is 23.2 Å². The predicted molar refractivity (Wildman–Crippen MR) is 115 cm³/mol. The zero-order chi connectivity index (χ0) is 24.5. The molecule has 2 unspecified atom stereocenters. The highest BCUT2D eigenvalue weighted by atomic mass is 19.4. The number of aromatic amines is 1. The van der Waals surface area contributed by atoms with Gasteiger partial charge in [0.1, 0.15) is 11.7 Å². The molecule has 0 bridgehead atoms. The molecule has 0 saturated carbocycles. The van der Waals surface area contributed by atoms with Crippen molar-refractivity contribution >= 4 is 28.6 Å². The quantitative estimate of drug-likeness (QED) is 0.505. The number of hydrogen-bond donors (Lipinski definition) is 2. The first-order valence-electron chi connectivity index (χ1n) is 10.3. The monoisotopic (exact) mass is 474 g/mol. The number of carbonyl (C=O) groups is 1. The lowest BCUT2D eigenvalue weighted by Crippen LogP contribution is -2.27. The molecule has 3 aromatic heterocycles. The van der Waals surface area contributed by atoms with Crippen LogP contribution in [0.25, 0.3) is 11.0 Å². The minimum absolute atomic E-state index is 0.0427. The number of H-pyrrole nitrogens is 1. The minimum atomic E-state index is -4.38. The predicted octanol–water partition coefficient (Wildman–Crippen LogP) is 2.90. The molecule has 13 heteroatoms. The van der Waals surface area contributed by atoms with Crippen LogP contribution in [0.3, 0.4) is 0 Å². The number of nitrogens with zero attached hydrogens (tertiary/aromatic N) is 6. The highest BCUT2D eigenvalue weighted by molar-refractivity contribution is 5.88. The Labute approximate surface area is 192 Å². The second-order valence-corrected chi connectivity index (χ2v) is 8.02. The van der Waals surface area contributed by atoms with Gasteiger partial charge in [-0.15, -0.1) is 0 Å². The summed E-state index contributed by atoms with van der Waals surface area (Å²) in [4.78, 5) is 24.9. The first kappa shape index (κ1) is 23.1. The number of nitriles is 1. The van der Waals surface area contributed by atoms with E-state index in [1.165, 1.54) is 11.1 Å². The lowest BCUT2D eigenvalue weighted by molar-refractivity contribution is -0.147. The van der Waals surface area contributed by atoms with Crippen LogP contribution >= 0.6 is 0 Å². The molecule has 1 aliphatic heterocycles. The molecule has 0 aliphatic carbocycles. The van der Waals surface area contributed by atoms with E-state index < -0.39 is 30.3 Å². The molecule has 0 spiro atoms. The molecule has 2 N–H and O–H groups in total. The SMILES string of the molecule is C=CC(=O)N1CC(COc2nc(Nc3cnn(C)c3)nc3[nH]cc(C#N)c23)C(CC(F)(F)F)C1. The number of carbonyl (C=O) groups excluding carboxylic acids is 1. The molecule has 0 aromatic carbocycles. The number of alkyl halides is 3. The van der Waals surface area contributed by atoms with Crippen LogP contribution in [0.1, 0.15) is 12.0 Å². The van der Waals surface area contributed by atoms with E-state index in [0.29, 0.717) is 16.7 Å². The standard InChI is InChI=1S/C21H21F3N8O2/c1-3-16(33)32-8-12(4-21(22,23)24)14(9-32)11-34-19-17-13(5-25)6-26-18(17)29-20(30-19)28-15-7-27-31(2)10-15/h3,6-7,10,12,14H,1,4,8-9,11H2,2H3,(H2,26,28,29,30). The Kier molecular flexibility index (Phi) is 6.14. The van der Waals surface area contributed by atoms with Gasteiger partial charge in [0.25, 0.3) is 0 Å². The number of anilines is 2. The van der Waals surface area contributed by atoms with E-state index in [-0.39, 0.29) is 37.1 Å². The summed E-state index contributed by atoms with van der Waals surface area (Å²) in [6, 6.07) is 2.02. The van der Waals surface area contributed by atoms with Crippen molar-refractivity contribution in [1.29, 1.82) is 5.26 Å². The number of rotatable bonds is 7. The van der Waals surface area contributed by atoms with Crippen LogP contribution < -0.4 is 10.1 Å². The average Bonchev–Trinajstić information content (AvgIpc) is 3.49. The topological polar surface area (TPSA) is 125 Å². The largest absolute Gasteiger partial charge is 0.477 e. The van der Waals surface area contributed by atoms with Crippen molar-refractivity contribution in [1.82, 2.24) is 29.6 Å². The first-order valence-corrected chi connectivity index (χ1v) is 10.3.